The lowest BCUT2D eigenvalue weighted by molar-refractivity contribution is -0.264. The first kappa shape index (κ1) is 9.13. The topological polar surface area (TPSA) is 27.7 Å². The van der Waals surface area contributed by atoms with Gasteiger partial charge in [0.25, 0.3) is 0 Å². The minimum absolute atomic E-state index is 0.228. The van der Waals surface area contributed by atoms with Crippen LogP contribution in [0.4, 0.5) is 0 Å². The van der Waals surface area contributed by atoms with Crippen molar-refractivity contribution in [2.45, 2.75) is 50.6 Å². The molecule has 0 aromatic rings. The molecule has 3 saturated heterocycles. The van der Waals surface area contributed by atoms with Gasteiger partial charge in [0.1, 0.15) is 0 Å². The standard InChI is InChI=1S/C11H18O3/c1-8-9-3-5-11(4-2-6-13-11)14-10(9)7-12-8/h8-10H,2-7H2,1H3. The van der Waals surface area contributed by atoms with Crippen LogP contribution in [0.1, 0.15) is 32.6 Å². The maximum atomic E-state index is 6.08. The van der Waals surface area contributed by atoms with Crippen molar-refractivity contribution in [3.63, 3.8) is 0 Å². The van der Waals surface area contributed by atoms with Crippen molar-refractivity contribution in [3.8, 4) is 0 Å². The Morgan fingerprint density at radius 2 is 2.21 bits per heavy atom. The van der Waals surface area contributed by atoms with Gasteiger partial charge in [-0.3, -0.25) is 0 Å². The van der Waals surface area contributed by atoms with Crippen molar-refractivity contribution in [2.24, 2.45) is 5.92 Å². The molecule has 3 heterocycles. The predicted octanol–water partition coefficient (Wildman–Crippen LogP) is 1.71. The minimum atomic E-state index is -0.228. The highest BCUT2D eigenvalue weighted by molar-refractivity contribution is 4.91. The third kappa shape index (κ3) is 1.30. The number of ether oxygens (including phenoxy) is 3. The van der Waals surface area contributed by atoms with E-state index >= 15 is 0 Å². The Hall–Kier alpha value is -0.120. The number of hydrogen-bond donors (Lipinski definition) is 0. The van der Waals surface area contributed by atoms with Gasteiger partial charge in [-0.1, -0.05) is 0 Å². The first-order valence-electron chi connectivity index (χ1n) is 5.72. The zero-order chi connectivity index (χ0) is 9.60. The van der Waals surface area contributed by atoms with E-state index in [0.29, 0.717) is 12.0 Å². The Labute approximate surface area is 84.7 Å². The normalized spacial score (nSPS) is 52.5. The Kier molecular flexibility index (Phi) is 2.08. The third-order valence-corrected chi connectivity index (χ3v) is 3.90. The summed E-state index contributed by atoms with van der Waals surface area (Å²) in [6.45, 7) is 3.78. The van der Waals surface area contributed by atoms with E-state index in [1.165, 1.54) is 6.42 Å². The van der Waals surface area contributed by atoms with Crippen molar-refractivity contribution < 1.29 is 14.2 Å². The summed E-state index contributed by atoms with van der Waals surface area (Å²) in [6.07, 6.45) is 5.14. The smallest absolute Gasteiger partial charge is 0.168 e. The molecule has 3 nitrogen and oxygen atoms in total. The summed E-state index contributed by atoms with van der Waals surface area (Å²) in [5.74, 6) is 0.374. The molecular weight excluding hydrogens is 180 g/mol. The number of fused-ring (bicyclic) bond motifs is 1. The van der Waals surface area contributed by atoms with Gasteiger partial charge < -0.3 is 14.2 Å². The van der Waals surface area contributed by atoms with E-state index in [9.17, 15) is 0 Å². The van der Waals surface area contributed by atoms with E-state index in [1.807, 2.05) is 0 Å². The van der Waals surface area contributed by atoms with Gasteiger partial charge in [0.05, 0.1) is 25.4 Å². The number of rotatable bonds is 0. The predicted molar refractivity (Wildman–Crippen MR) is 50.9 cm³/mol. The minimum Gasteiger partial charge on any atom is -0.375 e. The van der Waals surface area contributed by atoms with Gasteiger partial charge in [-0.2, -0.15) is 0 Å². The molecule has 0 aromatic heterocycles. The SMILES string of the molecule is CC1OCC2OC3(CCCO3)CCC12. The van der Waals surface area contributed by atoms with E-state index < -0.39 is 0 Å². The van der Waals surface area contributed by atoms with Gasteiger partial charge in [-0.15, -0.1) is 0 Å². The molecule has 4 atom stereocenters. The molecule has 80 valence electrons. The highest BCUT2D eigenvalue weighted by Crippen LogP contribution is 2.43. The second-order valence-corrected chi connectivity index (χ2v) is 4.76. The van der Waals surface area contributed by atoms with E-state index in [0.717, 1.165) is 32.5 Å². The summed E-state index contributed by atoms with van der Waals surface area (Å²) in [7, 11) is 0. The molecule has 0 aromatic carbocycles. The van der Waals surface area contributed by atoms with Crippen molar-refractivity contribution in [1.29, 1.82) is 0 Å². The highest BCUT2D eigenvalue weighted by Gasteiger charge is 2.48. The molecular formula is C11H18O3. The molecule has 14 heavy (non-hydrogen) atoms. The third-order valence-electron chi connectivity index (χ3n) is 3.90. The maximum absolute atomic E-state index is 6.08. The first-order chi connectivity index (χ1) is 6.79. The van der Waals surface area contributed by atoms with E-state index in [2.05, 4.69) is 6.92 Å². The molecule has 0 amide bonds. The van der Waals surface area contributed by atoms with Crippen molar-refractivity contribution in [2.75, 3.05) is 13.2 Å². The molecule has 0 saturated carbocycles. The van der Waals surface area contributed by atoms with Gasteiger partial charge in [-0.25, -0.2) is 0 Å². The van der Waals surface area contributed by atoms with E-state index in [4.69, 9.17) is 14.2 Å². The molecule has 1 spiro atoms. The van der Waals surface area contributed by atoms with Crippen molar-refractivity contribution in [3.05, 3.63) is 0 Å². The lowest BCUT2D eigenvalue weighted by Crippen LogP contribution is -2.44. The summed E-state index contributed by atoms with van der Waals surface area (Å²) in [6, 6.07) is 0. The molecule has 4 unspecified atom stereocenters. The van der Waals surface area contributed by atoms with E-state index in [1.54, 1.807) is 0 Å². The summed E-state index contributed by atoms with van der Waals surface area (Å²) < 4.78 is 17.5. The van der Waals surface area contributed by atoms with Crippen LogP contribution < -0.4 is 0 Å². The van der Waals surface area contributed by atoms with Gasteiger partial charge in [0.15, 0.2) is 5.79 Å². The Morgan fingerprint density at radius 3 is 3.00 bits per heavy atom. The Bertz CT molecular complexity index is 223. The molecule has 0 N–H and O–H groups in total. The largest absolute Gasteiger partial charge is 0.375 e. The quantitative estimate of drug-likeness (QED) is 0.593. The Morgan fingerprint density at radius 1 is 1.29 bits per heavy atom. The van der Waals surface area contributed by atoms with Crippen LogP contribution in [0.25, 0.3) is 0 Å². The maximum Gasteiger partial charge on any atom is 0.168 e. The van der Waals surface area contributed by atoms with Crippen LogP contribution >= 0.6 is 0 Å². The molecule has 3 fully saturated rings. The number of hydrogen-bond acceptors (Lipinski definition) is 3. The molecule has 0 radical (unpaired) electrons. The Balaban J connectivity index is 1.73. The van der Waals surface area contributed by atoms with Gasteiger partial charge >= 0.3 is 0 Å². The van der Waals surface area contributed by atoms with Gasteiger partial charge in [0, 0.05) is 18.8 Å². The van der Waals surface area contributed by atoms with Crippen molar-refractivity contribution >= 4 is 0 Å². The van der Waals surface area contributed by atoms with Crippen LogP contribution in [0, 0.1) is 5.92 Å². The fraction of sp³-hybridized carbons (Fsp3) is 1.00. The monoisotopic (exact) mass is 198 g/mol. The lowest BCUT2D eigenvalue weighted by Gasteiger charge is -2.39. The zero-order valence-electron chi connectivity index (χ0n) is 8.70. The molecule has 3 rings (SSSR count). The summed E-state index contributed by atoms with van der Waals surface area (Å²) in [5.41, 5.74) is 0. The van der Waals surface area contributed by atoms with Crippen molar-refractivity contribution in [1.82, 2.24) is 0 Å². The van der Waals surface area contributed by atoms with Crippen LogP contribution in [-0.4, -0.2) is 31.2 Å². The lowest BCUT2D eigenvalue weighted by atomic mass is 9.88. The first-order valence-corrected chi connectivity index (χ1v) is 5.72. The second-order valence-electron chi connectivity index (χ2n) is 4.76. The fourth-order valence-corrected chi connectivity index (χ4v) is 3.02. The summed E-state index contributed by atoms with van der Waals surface area (Å²) in [4.78, 5) is 0. The summed E-state index contributed by atoms with van der Waals surface area (Å²) in [5, 5.41) is 0. The molecule has 3 aliphatic rings. The van der Waals surface area contributed by atoms with Crippen LogP contribution in [0.2, 0.25) is 0 Å². The fourth-order valence-electron chi connectivity index (χ4n) is 3.02. The summed E-state index contributed by atoms with van der Waals surface area (Å²) >= 11 is 0. The molecule has 0 aliphatic carbocycles. The highest BCUT2D eigenvalue weighted by atomic mass is 16.7. The van der Waals surface area contributed by atoms with Crippen LogP contribution in [0.3, 0.4) is 0 Å². The second kappa shape index (κ2) is 3.19. The van der Waals surface area contributed by atoms with Crippen LogP contribution in [0.15, 0.2) is 0 Å². The van der Waals surface area contributed by atoms with Gasteiger partial charge in [-0.05, 0) is 19.8 Å². The zero-order valence-corrected chi connectivity index (χ0v) is 8.70. The molecule has 3 aliphatic heterocycles. The van der Waals surface area contributed by atoms with Gasteiger partial charge in [0.2, 0.25) is 0 Å². The van der Waals surface area contributed by atoms with Crippen LogP contribution in [0.5, 0.6) is 0 Å². The average Bonchev–Trinajstić information content (AvgIpc) is 2.76. The molecule has 0 bridgehead atoms. The van der Waals surface area contributed by atoms with Crippen LogP contribution in [-0.2, 0) is 14.2 Å². The molecule has 3 heteroatoms. The average molecular weight is 198 g/mol. The van der Waals surface area contributed by atoms with E-state index in [-0.39, 0.29) is 11.9 Å².